The Hall–Kier alpha value is -3.28. The molecule has 1 aromatic heterocycles. The lowest BCUT2D eigenvalue weighted by Crippen LogP contribution is -2.37. The van der Waals surface area contributed by atoms with Gasteiger partial charge in [-0.15, -0.1) is 0 Å². The second-order valence-electron chi connectivity index (χ2n) is 6.64. The molecule has 2 aromatic carbocycles. The van der Waals surface area contributed by atoms with Crippen LogP contribution in [0.2, 0.25) is 0 Å². The largest absolute Gasteiger partial charge is 0.497 e. The zero-order chi connectivity index (χ0) is 19.8. The van der Waals surface area contributed by atoms with Gasteiger partial charge in [-0.3, -0.25) is 9.67 Å². The fourth-order valence-corrected chi connectivity index (χ4v) is 3.00. The zero-order valence-electron chi connectivity index (χ0n) is 16.7. The Labute approximate surface area is 166 Å². The molecule has 0 saturated heterocycles. The van der Waals surface area contributed by atoms with Crippen molar-refractivity contribution >= 4 is 5.96 Å². The van der Waals surface area contributed by atoms with Crippen LogP contribution in [-0.4, -0.2) is 41.8 Å². The molecule has 0 saturated carbocycles. The Morgan fingerprint density at radius 3 is 2.50 bits per heavy atom. The maximum atomic E-state index is 5.21. The lowest BCUT2D eigenvalue weighted by atomic mass is 10.2. The quantitative estimate of drug-likeness (QED) is 0.508. The maximum Gasteiger partial charge on any atom is 0.193 e. The first-order chi connectivity index (χ1) is 13.7. The number of guanidine groups is 1. The van der Waals surface area contributed by atoms with Gasteiger partial charge in [0.05, 0.1) is 19.9 Å². The molecule has 1 N–H and O–H groups in total. The number of nitrogens with one attached hydrogen (secondary N) is 1. The first-order valence-corrected chi connectivity index (χ1v) is 9.28. The molecule has 0 aliphatic heterocycles. The molecule has 3 aromatic rings. The maximum absolute atomic E-state index is 5.21. The van der Waals surface area contributed by atoms with Gasteiger partial charge in [0.15, 0.2) is 5.96 Å². The van der Waals surface area contributed by atoms with Gasteiger partial charge >= 0.3 is 0 Å². The summed E-state index contributed by atoms with van der Waals surface area (Å²) < 4.78 is 7.17. The van der Waals surface area contributed by atoms with Crippen LogP contribution in [0.4, 0.5) is 0 Å². The Bertz CT molecular complexity index is 887. The highest BCUT2D eigenvalue weighted by Gasteiger charge is 2.08. The standard InChI is InChI=1S/C22H27N5O/c1-23-22(26(2)15-19-9-11-21(28-3)12-10-19)24-13-20-14-25-27(17-20)16-18-7-5-4-6-8-18/h4-12,14,17H,13,15-16H2,1-3H3,(H,23,24). The Morgan fingerprint density at radius 2 is 1.82 bits per heavy atom. The van der Waals surface area contributed by atoms with Gasteiger partial charge in [-0.2, -0.15) is 5.10 Å². The van der Waals surface area contributed by atoms with Crippen molar-refractivity contribution in [2.24, 2.45) is 4.99 Å². The summed E-state index contributed by atoms with van der Waals surface area (Å²) in [7, 11) is 5.50. The first kappa shape index (κ1) is 19.5. The van der Waals surface area contributed by atoms with Crippen LogP contribution >= 0.6 is 0 Å². The smallest absolute Gasteiger partial charge is 0.193 e. The molecule has 0 amide bonds. The third kappa shape index (κ3) is 5.36. The molecule has 0 fully saturated rings. The van der Waals surface area contributed by atoms with Crippen LogP contribution in [0.25, 0.3) is 0 Å². The van der Waals surface area contributed by atoms with Crippen molar-refractivity contribution < 1.29 is 4.74 Å². The second-order valence-corrected chi connectivity index (χ2v) is 6.64. The predicted molar refractivity (Wildman–Crippen MR) is 112 cm³/mol. The summed E-state index contributed by atoms with van der Waals surface area (Å²) >= 11 is 0. The van der Waals surface area contributed by atoms with Crippen LogP contribution in [0, 0.1) is 0 Å². The average Bonchev–Trinajstić information content (AvgIpc) is 3.17. The van der Waals surface area contributed by atoms with E-state index in [1.165, 1.54) is 11.1 Å². The summed E-state index contributed by atoms with van der Waals surface area (Å²) in [5, 5.41) is 7.86. The minimum atomic E-state index is 0.675. The summed E-state index contributed by atoms with van der Waals surface area (Å²) in [6, 6.07) is 18.4. The number of hydrogen-bond donors (Lipinski definition) is 1. The van der Waals surface area contributed by atoms with E-state index in [1.807, 2.05) is 48.3 Å². The molecule has 6 nitrogen and oxygen atoms in total. The summed E-state index contributed by atoms with van der Waals surface area (Å²) in [4.78, 5) is 6.48. The van der Waals surface area contributed by atoms with Crippen LogP contribution in [0.15, 0.2) is 72.0 Å². The van der Waals surface area contributed by atoms with Crippen LogP contribution in [0.5, 0.6) is 5.75 Å². The second kappa shape index (κ2) is 9.60. The zero-order valence-corrected chi connectivity index (χ0v) is 16.7. The fraction of sp³-hybridized carbons (Fsp3) is 0.273. The van der Waals surface area contributed by atoms with Crippen LogP contribution in [0.3, 0.4) is 0 Å². The van der Waals surface area contributed by atoms with Gasteiger partial charge in [0.1, 0.15) is 5.75 Å². The third-order valence-electron chi connectivity index (χ3n) is 4.48. The average molecular weight is 377 g/mol. The van der Waals surface area contributed by atoms with Gasteiger partial charge in [0.2, 0.25) is 0 Å². The number of methoxy groups -OCH3 is 1. The highest BCUT2D eigenvalue weighted by Crippen LogP contribution is 2.12. The molecule has 0 bridgehead atoms. The van der Waals surface area contributed by atoms with E-state index in [0.717, 1.165) is 30.4 Å². The molecular formula is C22H27N5O. The molecular weight excluding hydrogens is 350 g/mol. The molecule has 0 radical (unpaired) electrons. The monoisotopic (exact) mass is 377 g/mol. The van der Waals surface area contributed by atoms with E-state index in [-0.39, 0.29) is 0 Å². The van der Waals surface area contributed by atoms with E-state index in [0.29, 0.717) is 6.54 Å². The molecule has 3 rings (SSSR count). The molecule has 0 spiro atoms. The van der Waals surface area contributed by atoms with Crippen molar-refractivity contribution in [3.8, 4) is 5.75 Å². The molecule has 28 heavy (non-hydrogen) atoms. The number of benzene rings is 2. The topological polar surface area (TPSA) is 54.7 Å². The van der Waals surface area contributed by atoms with E-state index >= 15 is 0 Å². The highest BCUT2D eigenvalue weighted by molar-refractivity contribution is 5.79. The van der Waals surface area contributed by atoms with Crippen molar-refractivity contribution in [1.82, 2.24) is 20.0 Å². The Kier molecular flexibility index (Phi) is 6.68. The van der Waals surface area contributed by atoms with Gasteiger partial charge in [0.25, 0.3) is 0 Å². The normalized spacial score (nSPS) is 11.3. The number of rotatable bonds is 7. The number of nitrogens with zero attached hydrogens (tertiary/aromatic N) is 4. The minimum Gasteiger partial charge on any atom is -0.497 e. The van der Waals surface area contributed by atoms with E-state index in [2.05, 4.69) is 50.8 Å². The molecule has 146 valence electrons. The molecule has 0 atom stereocenters. The van der Waals surface area contributed by atoms with Crippen molar-refractivity contribution in [1.29, 1.82) is 0 Å². The lowest BCUT2D eigenvalue weighted by molar-refractivity contribution is 0.414. The first-order valence-electron chi connectivity index (χ1n) is 9.28. The number of aromatic nitrogens is 2. The van der Waals surface area contributed by atoms with E-state index in [9.17, 15) is 0 Å². The summed E-state index contributed by atoms with van der Waals surface area (Å²) in [6.45, 7) is 2.21. The van der Waals surface area contributed by atoms with Crippen molar-refractivity contribution in [3.63, 3.8) is 0 Å². The van der Waals surface area contributed by atoms with E-state index in [4.69, 9.17) is 4.74 Å². The third-order valence-corrected chi connectivity index (χ3v) is 4.48. The summed E-state index contributed by atoms with van der Waals surface area (Å²) in [6.07, 6.45) is 3.96. The molecule has 1 heterocycles. The van der Waals surface area contributed by atoms with Gasteiger partial charge in [-0.05, 0) is 23.3 Å². The Morgan fingerprint density at radius 1 is 1.07 bits per heavy atom. The van der Waals surface area contributed by atoms with Crippen LogP contribution < -0.4 is 10.1 Å². The van der Waals surface area contributed by atoms with Gasteiger partial charge in [0, 0.05) is 38.9 Å². The van der Waals surface area contributed by atoms with Crippen molar-refractivity contribution in [3.05, 3.63) is 83.7 Å². The molecule has 0 aliphatic carbocycles. The van der Waals surface area contributed by atoms with Crippen LogP contribution in [-0.2, 0) is 19.6 Å². The van der Waals surface area contributed by atoms with Crippen molar-refractivity contribution in [2.75, 3.05) is 21.2 Å². The predicted octanol–water partition coefficient (Wildman–Crippen LogP) is 3.15. The fourth-order valence-electron chi connectivity index (χ4n) is 3.00. The summed E-state index contributed by atoms with van der Waals surface area (Å²) in [5.74, 6) is 1.70. The van der Waals surface area contributed by atoms with Gasteiger partial charge in [-0.25, -0.2) is 0 Å². The van der Waals surface area contributed by atoms with E-state index in [1.54, 1.807) is 14.2 Å². The van der Waals surface area contributed by atoms with Gasteiger partial charge in [-0.1, -0.05) is 42.5 Å². The van der Waals surface area contributed by atoms with Crippen molar-refractivity contribution in [2.45, 2.75) is 19.6 Å². The van der Waals surface area contributed by atoms with E-state index < -0.39 is 0 Å². The summed E-state index contributed by atoms with van der Waals surface area (Å²) in [5.41, 5.74) is 3.55. The Balaban J connectivity index is 1.53. The van der Waals surface area contributed by atoms with Crippen LogP contribution in [0.1, 0.15) is 16.7 Å². The number of aliphatic imine (C=N–C) groups is 1. The molecule has 0 aliphatic rings. The lowest BCUT2D eigenvalue weighted by Gasteiger charge is -2.22. The number of hydrogen-bond acceptors (Lipinski definition) is 3. The molecule has 6 heteroatoms. The highest BCUT2D eigenvalue weighted by atomic mass is 16.5. The minimum absolute atomic E-state index is 0.675. The molecule has 0 unspecified atom stereocenters. The van der Waals surface area contributed by atoms with Gasteiger partial charge < -0.3 is 15.0 Å². The number of ether oxygens (including phenoxy) is 1. The SMILES string of the molecule is CN=C(NCc1cnn(Cc2ccccc2)c1)N(C)Cc1ccc(OC)cc1.